The number of carbonyl (C=O) groups is 2. The minimum Gasteiger partial charge on any atom is -0.459 e. The van der Waals surface area contributed by atoms with Gasteiger partial charge in [-0.3, -0.25) is 9.69 Å². The average molecular weight is 657 g/mol. The molecule has 3 aromatic rings. The molecule has 1 amide bonds. The third kappa shape index (κ3) is 8.90. The second kappa shape index (κ2) is 15.9. The quantitative estimate of drug-likeness (QED) is 0.170. The van der Waals surface area contributed by atoms with Crippen LogP contribution in [0.1, 0.15) is 75.2 Å². The Hall–Kier alpha value is -4.02. The number of hydrogen-bond acceptors (Lipinski definition) is 8. The number of likely N-dealkylation sites (tertiary alicyclic amines) is 1. The fourth-order valence-corrected chi connectivity index (χ4v) is 6.37. The zero-order valence-electron chi connectivity index (χ0n) is 28.4. The number of carbonyl (C=O) groups excluding carboxylic acids is 2. The minimum absolute atomic E-state index is 0.0158. The first-order chi connectivity index (χ1) is 23.1. The zero-order valence-corrected chi connectivity index (χ0v) is 28.4. The predicted molar refractivity (Wildman–Crippen MR) is 184 cm³/mol. The van der Waals surface area contributed by atoms with Crippen LogP contribution in [0.25, 0.3) is 11.1 Å². The molecule has 9 heteroatoms. The van der Waals surface area contributed by atoms with E-state index in [-0.39, 0.29) is 43.4 Å². The number of hydrogen-bond donors (Lipinski definition) is 2. The van der Waals surface area contributed by atoms with Gasteiger partial charge in [-0.25, -0.2) is 4.79 Å². The van der Waals surface area contributed by atoms with Crippen LogP contribution in [0.3, 0.4) is 0 Å². The highest BCUT2D eigenvalue weighted by molar-refractivity contribution is 5.76. The van der Waals surface area contributed by atoms with E-state index in [9.17, 15) is 14.7 Å². The van der Waals surface area contributed by atoms with Gasteiger partial charge in [0, 0.05) is 24.6 Å². The molecule has 2 aliphatic heterocycles. The van der Waals surface area contributed by atoms with E-state index in [1.165, 1.54) is 6.08 Å². The van der Waals surface area contributed by atoms with Crippen LogP contribution in [0.15, 0.2) is 85.5 Å². The largest absolute Gasteiger partial charge is 0.459 e. The molecular weight excluding hydrogens is 608 g/mol. The molecule has 9 nitrogen and oxygen atoms in total. The fraction of sp³-hybridized carbons (Fsp3) is 0.436. The SMILES string of the molecule is C=CCOC(=O)NCc1ccccc1-c1ccc([C@@H]2O[C@H](CN3CCC[C@H]3C(=O)OC(C)(C)C)[C@H](C)[C@H](c3ccc(CO)cc3)O2)cc1. The Labute approximate surface area is 283 Å². The van der Waals surface area contributed by atoms with Crippen molar-refractivity contribution in [3.63, 3.8) is 0 Å². The molecule has 2 aliphatic rings. The molecule has 2 fully saturated rings. The van der Waals surface area contributed by atoms with Gasteiger partial charge >= 0.3 is 12.1 Å². The highest BCUT2D eigenvalue weighted by Gasteiger charge is 2.42. The van der Waals surface area contributed by atoms with E-state index in [2.05, 4.69) is 23.7 Å². The van der Waals surface area contributed by atoms with Gasteiger partial charge < -0.3 is 29.4 Å². The molecule has 5 atom stereocenters. The van der Waals surface area contributed by atoms with Gasteiger partial charge in [0.15, 0.2) is 6.29 Å². The molecule has 2 heterocycles. The van der Waals surface area contributed by atoms with Gasteiger partial charge in [0.05, 0.1) is 18.8 Å². The summed E-state index contributed by atoms with van der Waals surface area (Å²) in [7, 11) is 0. The van der Waals surface area contributed by atoms with Gasteiger partial charge in [-0.1, -0.05) is 92.4 Å². The Morgan fingerprint density at radius 3 is 2.42 bits per heavy atom. The monoisotopic (exact) mass is 656 g/mol. The Bertz CT molecular complexity index is 1530. The molecule has 5 rings (SSSR count). The number of benzene rings is 3. The van der Waals surface area contributed by atoms with E-state index in [4.69, 9.17) is 18.9 Å². The molecule has 48 heavy (non-hydrogen) atoms. The number of ether oxygens (including phenoxy) is 4. The van der Waals surface area contributed by atoms with Crippen molar-refractivity contribution in [1.29, 1.82) is 0 Å². The van der Waals surface area contributed by atoms with Crippen LogP contribution in [0.5, 0.6) is 0 Å². The number of esters is 1. The Balaban J connectivity index is 1.37. The first-order valence-corrected chi connectivity index (χ1v) is 16.7. The number of aliphatic hydroxyl groups excluding tert-OH is 1. The highest BCUT2D eigenvalue weighted by atomic mass is 16.7. The number of alkyl carbamates (subject to hydrolysis) is 1. The maximum atomic E-state index is 13.1. The number of aliphatic hydroxyl groups is 1. The van der Waals surface area contributed by atoms with E-state index >= 15 is 0 Å². The molecule has 0 aromatic heterocycles. The van der Waals surface area contributed by atoms with Gasteiger partial charge in [0.2, 0.25) is 0 Å². The number of amides is 1. The molecule has 0 spiro atoms. The van der Waals surface area contributed by atoms with E-state index in [0.717, 1.165) is 52.8 Å². The molecular formula is C39H48N2O7. The molecule has 0 radical (unpaired) electrons. The molecule has 2 saturated heterocycles. The van der Waals surface area contributed by atoms with Crippen LogP contribution < -0.4 is 5.32 Å². The van der Waals surface area contributed by atoms with Crippen molar-refractivity contribution >= 4 is 12.1 Å². The lowest BCUT2D eigenvalue weighted by molar-refractivity contribution is -0.276. The molecule has 0 bridgehead atoms. The van der Waals surface area contributed by atoms with E-state index in [1.807, 2.05) is 93.6 Å². The van der Waals surface area contributed by atoms with Gasteiger partial charge in [-0.15, -0.1) is 0 Å². The average Bonchev–Trinajstić information content (AvgIpc) is 3.55. The van der Waals surface area contributed by atoms with E-state index in [1.54, 1.807) is 0 Å². The van der Waals surface area contributed by atoms with Crippen LogP contribution in [-0.2, 0) is 36.9 Å². The Kier molecular flexibility index (Phi) is 11.7. The lowest BCUT2D eigenvalue weighted by Crippen LogP contribution is -2.48. The summed E-state index contributed by atoms with van der Waals surface area (Å²) in [5.74, 6) is -0.204. The fourth-order valence-electron chi connectivity index (χ4n) is 6.37. The first-order valence-electron chi connectivity index (χ1n) is 16.7. The molecule has 0 unspecified atom stereocenters. The maximum Gasteiger partial charge on any atom is 0.407 e. The van der Waals surface area contributed by atoms with Gasteiger partial charge in [-0.2, -0.15) is 0 Å². The smallest absolute Gasteiger partial charge is 0.407 e. The van der Waals surface area contributed by atoms with Crippen molar-refractivity contribution < 1.29 is 33.6 Å². The molecule has 2 N–H and O–H groups in total. The molecule has 0 aliphatic carbocycles. The van der Waals surface area contributed by atoms with E-state index < -0.39 is 18.0 Å². The third-order valence-electron chi connectivity index (χ3n) is 8.85. The van der Waals surface area contributed by atoms with Crippen LogP contribution in [0, 0.1) is 5.92 Å². The zero-order chi connectivity index (χ0) is 34.3. The molecule has 0 saturated carbocycles. The summed E-state index contributed by atoms with van der Waals surface area (Å²) in [6.45, 7) is 13.2. The highest BCUT2D eigenvalue weighted by Crippen LogP contribution is 2.42. The van der Waals surface area contributed by atoms with Crippen molar-refractivity contribution in [2.24, 2.45) is 5.92 Å². The second-order valence-corrected chi connectivity index (χ2v) is 13.5. The summed E-state index contributed by atoms with van der Waals surface area (Å²) in [6.07, 6.45) is 1.59. The maximum absolute atomic E-state index is 13.1. The molecule has 3 aromatic carbocycles. The topological polar surface area (TPSA) is 107 Å². The summed E-state index contributed by atoms with van der Waals surface area (Å²) in [5.41, 5.74) is 5.11. The lowest BCUT2D eigenvalue weighted by Gasteiger charge is -2.43. The van der Waals surface area contributed by atoms with Crippen molar-refractivity contribution in [3.05, 3.63) is 108 Å². The lowest BCUT2D eigenvalue weighted by atomic mass is 9.89. The normalized spacial score (nSPS) is 23.0. The summed E-state index contributed by atoms with van der Waals surface area (Å²) < 4.78 is 24.2. The van der Waals surface area contributed by atoms with Crippen molar-refractivity contribution in [2.75, 3.05) is 19.7 Å². The molecule has 256 valence electrons. The Morgan fingerprint density at radius 2 is 1.73 bits per heavy atom. The second-order valence-electron chi connectivity index (χ2n) is 13.5. The van der Waals surface area contributed by atoms with Gasteiger partial charge in [0.25, 0.3) is 0 Å². The number of rotatable bonds is 11. The van der Waals surface area contributed by atoms with Crippen LogP contribution in [0.4, 0.5) is 4.79 Å². The standard InChI is InChI=1S/C39H48N2O7/c1-6-22-45-38(44)40-23-31-10-7-8-11-32(31)28-17-19-30(20-18-28)37-46-34(24-41-21-9-12-33(41)36(43)48-39(3,4)5)26(2)35(47-37)29-15-13-27(25-42)14-16-29/h6-8,10-11,13-20,26,33-35,37,42H,1,9,12,21-25H2,2-5H3,(H,40,44)/t26-,33-,34+,35+,37+/m0/s1. The van der Waals surface area contributed by atoms with Crippen LogP contribution in [-0.4, -0.2) is 59.5 Å². The summed E-state index contributed by atoms with van der Waals surface area (Å²) in [4.78, 5) is 27.4. The van der Waals surface area contributed by atoms with E-state index in [0.29, 0.717) is 13.1 Å². The summed E-state index contributed by atoms with van der Waals surface area (Å²) in [5, 5.41) is 12.4. The summed E-state index contributed by atoms with van der Waals surface area (Å²) in [6, 6.07) is 23.6. The van der Waals surface area contributed by atoms with Crippen molar-refractivity contribution in [1.82, 2.24) is 10.2 Å². The number of nitrogens with zero attached hydrogens (tertiary/aromatic N) is 1. The van der Waals surface area contributed by atoms with Gasteiger partial charge in [-0.05, 0) is 68.0 Å². The van der Waals surface area contributed by atoms with Crippen LogP contribution in [0.2, 0.25) is 0 Å². The van der Waals surface area contributed by atoms with Crippen molar-refractivity contribution in [3.8, 4) is 11.1 Å². The van der Waals surface area contributed by atoms with Gasteiger partial charge in [0.1, 0.15) is 18.2 Å². The minimum atomic E-state index is -0.637. The predicted octanol–water partition coefficient (Wildman–Crippen LogP) is 6.86. The van der Waals surface area contributed by atoms with Crippen molar-refractivity contribution in [2.45, 2.75) is 83.8 Å². The Morgan fingerprint density at radius 1 is 1.02 bits per heavy atom. The first kappa shape index (κ1) is 35.3. The number of nitrogens with one attached hydrogen (secondary N) is 1. The van der Waals surface area contributed by atoms with Crippen LogP contribution >= 0.6 is 0 Å². The summed E-state index contributed by atoms with van der Waals surface area (Å²) >= 11 is 0. The third-order valence-corrected chi connectivity index (χ3v) is 8.85.